The summed E-state index contributed by atoms with van der Waals surface area (Å²) in [4.78, 5) is 15.0. The Labute approximate surface area is 123 Å². The van der Waals surface area contributed by atoms with Crippen LogP contribution in [0.25, 0.3) is 0 Å². The van der Waals surface area contributed by atoms with Crippen molar-refractivity contribution in [3.63, 3.8) is 0 Å². The topological polar surface area (TPSA) is 54.0 Å². The van der Waals surface area contributed by atoms with Gasteiger partial charge in [-0.1, -0.05) is 23.7 Å². The number of aromatic nitrogens is 1. The molecule has 0 saturated heterocycles. The van der Waals surface area contributed by atoms with Crippen molar-refractivity contribution in [2.75, 3.05) is 10.6 Å². The maximum absolute atomic E-state index is 11.1. The molecule has 0 fully saturated rings. The number of carbonyl (C=O) groups excluding carboxylic acids is 1. The molecule has 0 saturated carbocycles. The fourth-order valence-electron chi connectivity index (χ4n) is 1.90. The standard InChI is InChI=1S/C15H16ClN3O/c1-10(18-15-6-7-17-9-14(15)16)12-4-3-5-13(8-12)19-11(2)20/h3-10H,1-2H3,(H,17,18)(H,19,20). The molecule has 1 amide bonds. The van der Waals surface area contributed by atoms with Gasteiger partial charge in [0.15, 0.2) is 0 Å². The van der Waals surface area contributed by atoms with Gasteiger partial charge in [0.1, 0.15) is 0 Å². The highest BCUT2D eigenvalue weighted by atomic mass is 35.5. The van der Waals surface area contributed by atoms with Crippen molar-refractivity contribution < 1.29 is 4.79 Å². The summed E-state index contributed by atoms with van der Waals surface area (Å²) in [5, 5.41) is 6.68. The van der Waals surface area contributed by atoms with Gasteiger partial charge < -0.3 is 10.6 Å². The van der Waals surface area contributed by atoms with E-state index in [0.717, 1.165) is 16.9 Å². The molecule has 2 rings (SSSR count). The molecule has 1 heterocycles. The van der Waals surface area contributed by atoms with Crippen LogP contribution in [0.15, 0.2) is 42.7 Å². The second kappa shape index (κ2) is 6.39. The van der Waals surface area contributed by atoms with E-state index >= 15 is 0 Å². The molecule has 1 aromatic carbocycles. The van der Waals surface area contributed by atoms with E-state index in [1.54, 1.807) is 12.4 Å². The monoisotopic (exact) mass is 289 g/mol. The third-order valence-corrected chi connectivity index (χ3v) is 3.15. The SMILES string of the molecule is CC(=O)Nc1cccc(C(C)Nc2ccncc2Cl)c1. The number of nitrogens with zero attached hydrogens (tertiary/aromatic N) is 1. The molecule has 4 nitrogen and oxygen atoms in total. The lowest BCUT2D eigenvalue weighted by atomic mass is 10.1. The first kappa shape index (κ1) is 14.3. The average molecular weight is 290 g/mol. The van der Waals surface area contributed by atoms with Crippen LogP contribution in [0.2, 0.25) is 5.02 Å². The summed E-state index contributed by atoms with van der Waals surface area (Å²) in [7, 11) is 0. The number of hydrogen-bond acceptors (Lipinski definition) is 3. The molecule has 0 aliphatic heterocycles. The minimum atomic E-state index is -0.0834. The van der Waals surface area contributed by atoms with Gasteiger partial charge in [-0.3, -0.25) is 9.78 Å². The minimum absolute atomic E-state index is 0.0589. The molecule has 2 N–H and O–H groups in total. The number of benzene rings is 1. The molecular weight excluding hydrogens is 274 g/mol. The maximum Gasteiger partial charge on any atom is 0.221 e. The number of nitrogens with one attached hydrogen (secondary N) is 2. The number of pyridine rings is 1. The summed E-state index contributed by atoms with van der Waals surface area (Å²) >= 11 is 6.07. The molecule has 1 atom stereocenters. The molecule has 20 heavy (non-hydrogen) atoms. The van der Waals surface area contributed by atoms with Gasteiger partial charge in [-0.25, -0.2) is 0 Å². The second-order valence-electron chi connectivity index (χ2n) is 4.53. The molecule has 1 aromatic heterocycles. The van der Waals surface area contributed by atoms with Crippen LogP contribution in [-0.4, -0.2) is 10.9 Å². The first-order valence-electron chi connectivity index (χ1n) is 6.30. The third-order valence-electron chi connectivity index (χ3n) is 2.85. The Kier molecular flexibility index (Phi) is 4.58. The molecule has 0 aliphatic rings. The number of halogens is 1. The number of anilines is 2. The molecule has 1 unspecified atom stereocenters. The zero-order valence-corrected chi connectivity index (χ0v) is 12.1. The lowest BCUT2D eigenvalue weighted by Gasteiger charge is -2.17. The van der Waals surface area contributed by atoms with Crippen molar-refractivity contribution in [1.82, 2.24) is 4.98 Å². The van der Waals surface area contributed by atoms with Crippen LogP contribution >= 0.6 is 11.6 Å². The smallest absolute Gasteiger partial charge is 0.221 e. The molecule has 5 heteroatoms. The highest BCUT2D eigenvalue weighted by Gasteiger charge is 2.08. The van der Waals surface area contributed by atoms with Gasteiger partial charge in [-0.2, -0.15) is 0 Å². The number of carbonyl (C=O) groups is 1. The highest BCUT2D eigenvalue weighted by Crippen LogP contribution is 2.26. The predicted octanol–water partition coefficient (Wildman–Crippen LogP) is 3.87. The van der Waals surface area contributed by atoms with Gasteiger partial charge in [-0.15, -0.1) is 0 Å². The number of hydrogen-bond donors (Lipinski definition) is 2. The lowest BCUT2D eigenvalue weighted by Crippen LogP contribution is -2.09. The Balaban J connectivity index is 2.15. The Morgan fingerprint density at radius 2 is 2.15 bits per heavy atom. The summed E-state index contributed by atoms with van der Waals surface area (Å²) in [6.45, 7) is 3.52. The fourth-order valence-corrected chi connectivity index (χ4v) is 2.07. The van der Waals surface area contributed by atoms with Crippen molar-refractivity contribution in [3.8, 4) is 0 Å². The molecule has 2 aromatic rings. The minimum Gasteiger partial charge on any atom is -0.377 e. The zero-order valence-electron chi connectivity index (χ0n) is 11.4. The molecular formula is C15H16ClN3O. The molecule has 0 aliphatic carbocycles. The lowest BCUT2D eigenvalue weighted by molar-refractivity contribution is -0.114. The average Bonchev–Trinajstić information content (AvgIpc) is 2.41. The van der Waals surface area contributed by atoms with Crippen LogP contribution in [0, 0.1) is 0 Å². The predicted molar refractivity (Wildman–Crippen MR) is 82.0 cm³/mol. The Hall–Kier alpha value is -2.07. The van der Waals surface area contributed by atoms with Crippen molar-refractivity contribution in [3.05, 3.63) is 53.3 Å². The van der Waals surface area contributed by atoms with Gasteiger partial charge in [0.25, 0.3) is 0 Å². The molecule has 104 valence electrons. The molecule has 0 radical (unpaired) electrons. The first-order chi connectivity index (χ1) is 9.56. The Morgan fingerprint density at radius 1 is 1.35 bits per heavy atom. The van der Waals surface area contributed by atoms with E-state index in [2.05, 4.69) is 15.6 Å². The van der Waals surface area contributed by atoms with Crippen molar-refractivity contribution in [2.45, 2.75) is 19.9 Å². The van der Waals surface area contributed by atoms with E-state index in [4.69, 9.17) is 11.6 Å². The van der Waals surface area contributed by atoms with Gasteiger partial charge in [0.2, 0.25) is 5.91 Å². The third kappa shape index (κ3) is 3.71. The van der Waals surface area contributed by atoms with E-state index in [1.807, 2.05) is 37.3 Å². The van der Waals surface area contributed by atoms with Gasteiger partial charge >= 0.3 is 0 Å². The molecule has 0 spiro atoms. The summed E-state index contributed by atoms with van der Waals surface area (Å²) in [6.07, 6.45) is 3.29. The van der Waals surface area contributed by atoms with E-state index in [-0.39, 0.29) is 11.9 Å². The van der Waals surface area contributed by atoms with Crippen molar-refractivity contribution >= 4 is 28.9 Å². The van der Waals surface area contributed by atoms with E-state index < -0.39 is 0 Å². The van der Waals surface area contributed by atoms with Crippen LogP contribution in [0.4, 0.5) is 11.4 Å². The molecule has 0 bridgehead atoms. The van der Waals surface area contributed by atoms with Crippen LogP contribution < -0.4 is 10.6 Å². The second-order valence-corrected chi connectivity index (χ2v) is 4.94. The van der Waals surface area contributed by atoms with Crippen LogP contribution in [0.3, 0.4) is 0 Å². The fraction of sp³-hybridized carbons (Fsp3) is 0.200. The van der Waals surface area contributed by atoms with Gasteiger partial charge in [0.05, 0.1) is 10.7 Å². The summed E-state index contributed by atoms with van der Waals surface area (Å²) in [6, 6.07) is 9.59. The normalized spacial score (nSPS) is 11.8. The number of amides is 1. The van der Waals surface area contributed by atoms with Crippen LogP contribution in [0.5, 0.6) is 0 Å². The van der Waals surface area contributed by atoms with E-state index in [1.165, 1.54) is 6.92 Å². The van der Waals surface area contributed by atoms with Crippen LogP contribution in [0.1, 0.15) is 25.5 Å². The Bertz CT molecular complexity index is 616. The van der Waals surface area contributed by atoms with Gasteiger partial charge in [0, 0.05) is 31.0 Å². The van der Waals surface area contributed by atoms with E-state index in [0.29, 0.717) is 5.02 Å². The van der Waals surface area contributed by atoms with Gasteiger partial charge in [-0.05, 0) is 30.7 Å². The van der Waals surface area contributed by atoms with Crippen LogP contribution in [-0.2, 0) is 4.79 Å². The largest absolute Gasteiger partial charge is 0.377 e. The Morgan fingerprint density at radius 3 is 2.85 bits per heavy atom. The number of rotatable bonds is 4. The first-order valence-corrected chi connectivity index (χ1v) is 6.67. The summed E-state index contributed by atoms with van der Waals surface area (Å²) in [5.74, 6) is -0.0834. The highest BCUT2D eigenvalue weighted by molar-refractivity contribution is 6.33. The summed E-state index contributed by atoms with van der Waals surface area (Å²) < 4.78 is 0. The quantitative estimate of drug-likeness (QED) is 0.898. The summed E-state index contributed by atoms with van der Waals surface area (Å²) in [5.41, 5.74) is 2.67. The van der Waals surface area contributed by atoms with Crippen molar-refractivity contribution in [1.29, 1.82) is 0 Å². The van der Waals surface area contributed by atoms with Crippen molar-refractivity contribution in [2.24, 2.45) is 0 Å². The van der Waals surface area contributed by atoms with E-state index in [9.17, 15) is 4.79 Å². The zero-order chi connectivity index (χ0) is 14.5. The maximum atomic E-state index is 11.1.